The molecule has 1 fully saturated rings. The first-order valence-electron chi connectivity index (χ1n) is 5.18. The zero-order chi connectivity index (χ0) is 11.3. The normalized spacial score (nSPS) is 46.0. The quantitative estimate of drug-likeness (QED) is 0.661. The highest BCUT2D eigenvalue weighted by molar-refractivity contribution is 6.29. The van der Waals surface area contributed by atoms with Crippen LogP contribution in [-0.4, -0.2) is 27.7 Å². The maximum atomic E-state index is 11.8. The predicted octanol–water partition coefficient (Wildman–Crippen LogP) is 1.36. The Morgan fingerprint density at radius 3 is 2.93 bits per heavy atom. The molecule has 0 aromatic rings. The summed E-state index contributed by atoms with van der Waals surface area (Å²) < 4.78 is 0. The number of Topliss-reactive ketones (excluding diaryl/α,β-unsaturated/α-hetero) is 1. The van der Waals surface area contributed by atoms with Gasteiger partial charge in [0, 0.05) is 11.5 Å². The van der Waals surface area contributed by atoms with E-state index in [9.17, 15) is 15.0 Å². The van der Waals surface area contributed by atoms with Gasteiger partial charge in [-0.1, -0.05) is 17.7 Å². The molecule has 0 heterocycles. The lowest BCUT2D eigenvalue weighted by Crippen LogP contribution is -2.52. The molecule has 0 aromatic heterocycles. The summed E-state index contributed by atoms with van der Waals surface area (Å²) >= 11 is 5.96. The Labute approximate surface area is 93.7 Å². The van der Waals surface area contributed by atoms with Crippen LogP contribution in [0, 0.1) is 5.41 Å². The number of aliphatic hydroxyl groups excluding tert-OH is 1. The van der Waals surface area contributed by atoms with Crippen LogP contribution < -0.4 is 0 Å². The molecular formula is C11H15ClO3. The summed E-state index contributed by atoms with van der Waals surface area (Å²) in [4.78, 5) is 11.8. The summed E-state index contributed by atoms with van der Waals surface area (Å²) in [6.07, 6.45) is 2.11. The molecule has 0 radical (unpaired) electrons. The number of carbonyl (C=O) groups is 1. The Morgan fingerprint density at radius 1 is 1.60 bits per heavy atom. The van der Waals surface area contributed by atoms with Crippen molar-refractivity contribution in [3.8, 4) is 0 Å². The zero-order valence-electron chi connectivity index (χ0n) is 8.66. The Bertz CT molecular complexity index is 339. The van der Waals surface area contributed by atoms with E-state index in [0.29, 0.717) is 30.7 Å². The number of hydrogen-bond acceptors (Lipinski definition) is 3. The van der Waals surface area contributed by atoms with E-state index in [4.69, 9.17) is 11.6 Å². The highest BCUT2D eigenvalue weighted by Crippen LogP contribution is 2.52. The first-order chi connectivity index (χ1) is 6.90. The van der Waals surface area contributed by atoms with Gasteiger partial charge in [-0.2, -0.15) is 0 Å². The summed E-state index contributed by atoms with van der Waals surface area (Å²) in [5.41, 5.74) is -2.23. The molecule has 0 saturated heterocycles. The second-order valence-electron chi connectivity index (χ2n) is 4.76. The number of allylic oxidation sites excluding steroid dienone is 1. The highest BCUT2D eigenvalue weighted by Gasteiger charge is 2.60. The van der Waals surface area contributed by atoms with Gasteiger partial charge in [0.05, 0.1) is 11.5 Å². The Hall–Kier alpha value is -0.380. The molecule has 0 amide bonds. The van der Waals surface area contributed by atoms with E-state index in [2.05, 4.69) is 0 Å². The van der Waals surface area contributed by atoms with Crippen LogP contribution in [0.25, 0.3) is 0 Å². The van der Waals surface area contributed by atoms with Gasteiger partial charge in [0.15, 0.2) is 0 Å². The van der Waals surface area contributed by atoms with Crippen LogP contribution in [0.2, 0.25) is 0 Å². The number of fused-ring (bicyclic) bond motifs is 1. The molecule has 0 unspecified atom stereocenters. The van der Waals surface area contributed by atoms with Gasteiger partial charge in [0.1, 0.15) is 11.4 Å². The Kier molecular flexibility index (Phi) is 2.45. The van der Waals surface area contributed by atoms with E-state index < -0.39 is 17.1 Å². The molecular weight excluding hydrogens is 216 g/mol. The third-order valence-electron chi connectivity index (χ3n) is 3.94. The van der Waals surface area contributed by atoms with E-state index >= 15 is 0 Å². The minimum atomic E-state index is -1.31. The number of hydrogen-bond donors (Lipinski definition) is 2. The predicted molar refractivity (Wildman–Crippen MR) is 56.5 cm³/mol. The molecule has 2 rings (SSSR count). The minimum absolute atomic E-state index is 0.00231. The lowest BCUT2D eigenvalue weighted by molar-refractivity contribution is -0.152. The molecule has 2 aliphatic rings. The summed E-state index contributed by atoms with van der Waals surface area (Å²) in [6.45, 7) is 1.70. The van der Waals surface area contributed by atoms with Gasteiger partial charge >= 0.3 is 0 Å². The van der Waals surface area contributed by atoms with Crippen molar-refractivity contribution in [2.45, 2.75) is 44.3 Å². The average molecular weight is 231 g/mol. The lowest BCUT2D eigenvalue weighted by Gasteiger charge is -2.39. The smallest absolute Gasteiger partial charge is 0.142 e. The molecule has 2 N–H and O–H groups in total. The van der Waals surface area contributed by atoms with Gasteiger partial charge < -0.3 is 10.2 Å². The van der Waals surface area contributed by atoms with Gasteiger partial charge in [0.25, 0.3) is 0 Å². The molecule has 0 aliphatic heterocycles. The molecule has 4 heteroatoms. The van der Waals surface area contributed by atoms with Crippen LogP contribution >= 0.6 is 11.6 Å². The van der Waals surface area contributed by atoms with Crippen molar-refractivity contribution >= 4 is 17.4 Å². The van der Waals surface area contributed by atoms with Gasteiger partial charge in [0.2, 0.25) is 0 Å². The second kappa shape index (κ2) is 3.30. The van der Waals surface area contributed by atoms with E-state index in [1.165, 1.54) is 0 Å². The van der Waals surface area contributed by atoms with E-state index in [1.54, 1.807) is 13.0 Å². The largest absolute Gasteiger partial charge is 0.390 e. The summed E-state index contributed by atoms with van der Waals surface area (Å²) in [5.74, 6) is -0.00231. The Balaban J connectivity index is 2.47. The van der Waals surface area contributed by atoms with Crippen molar-refractivity contribution in [2.75, 3.05) is 0 Å². The van der Waals surface area contributed by atoms with Crippen LogP contribution in [0.5, 0.6) is 0 Å². The van der Waals surface area contributed by atoms with Crippen LogP contribution in [0.1, 0.15) is 32.6 Å². The zero-order valence-corrected chi connectivity index (χ0v) is 9.42. The molecule has 1 saturated carbocycles. The van der Waals surface area contributed by atoms with E-state index in [-0.39, 0.29) is 5.78 Å². The number of carbonyl (C=O) groups excluding carboxylic acids is 1. The maximum Gasteiger partial charge on any atom is 0.142 e. The number of halogens is 1. The highest BCUT2D eigenvalue weighted by atomic mass is 35.5. The molecule has 15 heavy (non-hydrogen) atoms. The summed E-state index contributed by atoms with van der Waals surface area (Å²) in [5, 5.41) is 20.9. The van der Waals surface area contributed by atoms with Gasteiger partial charge in [-0.3, -0.25) is 4.79 Å². The average Bonchev–Trinajstić information content (AvgIpc) is 2.35. The van der Waals surface area contributed by atoms with Crippen molar-refractivity contribution in [2.24, 2.45) is 5.41 Å². The van der Waals surface area contributed by atoms with Gasteiger partial charge in [-0.05, 0) is 26.2 Å². The van der Waals surface area contributed by atoms with Crippen LogP contribution in [0.4, 0.5) is 0 Å². The van der Waals surface area contributed by atoms with Crippen molar-refractivity contribution in [1.82, 2.24) is 0 Å². The van der Waals surface area contributed by atoms with E-state index in [0.717, 1.165) is 0 Å². The molecule has 3 nitrogen and oxygen atoms in total. The van der Waals surface area contributed by atoms with Crippen LogP contribution in [0.3, 0.4) is 0 Å². The van der Waals surface area contributed by atoms with Crippen molar-refractivity contribution in [1.29, 1.82) is 0 Å². The minimum Gasteiger partial charge on any atom is -0.390 e. The maximum absolute atomic E-state index is 11.8. The fourth-order valence-corrected chi connectivity index (χ4v) is 3.08. The second-order valence-corrected chi connectivity index (χ2v) is 5.24. The number of aliphatic hydroxyl groups is 2. The fourth-order valence-electron chi connectivity index (χ4n) is 2.73. The number of rotatable bonds is 0. The molecule has 3 atom stereocenters. The topological polar surface area (TPSA) is 57.5 Å². The molecule has 0 aromatic carbocycles. The van der Waals surface area contributed by atoms with Crippen molar-refractivity contribution < 1.29 is 15.0 Å². The SMILES string of the molecule is C[C@@]12CC(Cl)=CC[C@H](O)[C@@]1(O)CCC2=O. The third-order valence-corrected chi connectivity index (χ3v) is 4.23. The third kappa shape index (κ3) is 1.37. The number of ketones is 1. The first-order valence-corrected chi connectivity index (χ1v) is 5.56. The lowest BCUT2D eigenvalue weighted by atomic mass is 9.71. The molecule has 84 valence electrons. The van der Waals surface area contributed by atoms with Crippen molar-refractivity contribution in [3.05, 3.63) is 11.1 Å². The van der Waals surface area contributed by atoms with Gasteiger partial charge in [-0.15, -0.1) is 0 Å². The monoisotopic (exact) mass is 230 g/mol. The molecule has 2 aliphatic carbocycles. The Morgan fingerprint density at radius 2 is 2.27 bits per heavy atom. The summed E-state index contributed by atoms with van der Waals surface area (Å²) in [7, 11) is 0. The van der Waals surface area contributed by atoms with Crippen molar-refractivity contribution in [3.63, 3.8) is 0 Å². The first kappa shape index (κ1) is 11.1. The van der Waals surface area contributed by atoms with Gasteiger partial charge in [-0.25, -0.2) is 0 Å². The fraction of sp³-hybridized carbons (Fsp3) is 0.727. The van der Waals surface area contributed by atoms with Crippen LogP contribution in [0.15, 0.2) is 11.1 Å². The molecule has 0 bridgehead atoms. The van der Waals surface area contributed by atoms with Crippen LogP contribution in [-0.2, 0) is 4.79 Å². The summed E-state index contributed by atoms with van der Waals surface area (Å²) in [6, 6.07) is 0. The molecule has 0 spiro atoms. The standard InChI is InChI=1S/C11H15ClO3/c1-10-6-7(12)2-3-9(14)11(10,15)5-4-8(10)13/h2,9,14-15H,3-6H2,1H3/t9-,10-,11-/m0/s1. The van der Waals surface area contributed by atoms with E-state index in [1.807, 2.05) is 0 Å².